The maximum atomic E-state index is 9.48. The summed E-state index contributed by atoms with van der Waals surface area (Å²) in [6.07, 6.45) is 2.11. The molecule has 0 radical (unpaired) electrons. The van der Waals surface area contributed by atoms with Gasteiger partial charge in [-0.25, -0.2) is 0 Å². The standard InChI is InChI=1S/C13H31N3O.C9H22N2O2/c1-13(17)12-16(10-6-8-14(2)3)11-7-9-15(4)5;1-10(2)5-8-13-9-6-11(3)4-7-12/h13,17H,6-12H2,1-5H3;12H,4-9H2,1-3H3. The molecule has 0 aliphatic rings. The van der Waals surface area contributed by atoms with Crippen LogP contribution in [-0.2, 0) is 4.74 Å². The Morgan fingerprint density at radius 3 is 1.53 bits per heavy atom. The lowest BCUT2D eigenvalue weighted by molar-refractivity contribution is 0.0940. The fourth-order valence-electron chi connectivity index (χ4n) is 2.74. The van der Waals surface area contributed by atoms with E-state index in [1.807, 2.05) is 28.1 Å². The molecule has 2 N–H and O–H groups in total. The molecule has 1 unspecified atom stereocenters. The molecule has 0 saturated heterocycles. The van der Waals surface area contributed by atoms with E-state index in [0.717, 1.165) is 65.6 Å². The van der Waals surface area contributed by atoms with Crippen molar-refractivity contribution in [3.8, 4) is 0 Å². The van der Waals surface area contributed by atoms with Gasteiger partial charge >= 0.3 is 0 Å². The van der Waals surface area contributed by atoms with Crippen molar-refractivity contribution in [3.05, 3.63) is 0 Å². The number of hydrogen-bond donors (Lipinski definition) is 2. The molecule has 0 aromatic heterocycles. The van der Waals surface area contributed by atoms with Gasteiger partial charge in [-0.05, 0) is 95.3 Å². The van der Waals surface area contributed by atoms with Crippen LogP contribution in [0.3, 0.4) is 0 Å². The van der Waals surface area contributed by atoms with Crippen molar-refractivity contribution < 1.29 is 14.9 Å². The number of nitrogens with zero attached hydrogens (tertiary/aromatic N) is 5. The SMILES string of the molecule is CC(O)CN(CCCN(C)C)CCCN(C)C.CN(C)CCOCCN(C)CCO. The largest absolute Gasteiger partial charge is 0.395 e. The lowest BCUT2D eigenvalue weighted by atomic mass is 10.2. The Kier molecular flexibility index (Phi) is 23.3. The quantitative estimate of drug-likeness (QED) is 0.293. The van der Waals surface area contributed by atoms with E-state index in [2.05, 4.69) is 52.7 Å². The predicted molar refractivity (Wildman–Crippen MR) is 128 cm³/mol. The highest BCUT2D eigenvalue weighted by atomic mass is 16.5. The van der Waals surface area contributed by atoms with Gasteiger partial charge < -0.3 is 39.4 Å². The van der Waals surface area contributed by atoms with Crippen LogP contribution in [0.2, 0.25) is 0 Å². The second kappa shape index (κ2) is 21.9. The maximum absolute atomic E-state index is 9.48. The Morgan fingerprint density at radius 1 is 0.667 bits per heavy atom. The molecule has 0 bridgehead atoms. The summed E-state index contributed by atoms with van der Waals surface area (Å²) in [6.45, 7) is 11.3. The highest BCUT2D eigenvalue weighted by Crippen LogP contribution is 1.98. The molecule has 30 heavy (non-hydrogen) atoms. The van der Waals surface area contributed by atoms with Crippen LogP contribution in [0.25, 0.3) is 0 Å². The molecule has 0 spiro atoms. The lowest BCUT2D eigenvalue weighted by Gasteiger charge is -2.25. The molecule has 1 atom stereocenters. The van der Waals surface area contributed by atoms with Gasteiger partial charge in [-0.1, -0.05) is 0 Å². The lowest BCUT2D eigenvalue weighted by Crippen LogP contribution is -2.35. The van der Waals surface area contributed by atoms with Crippen molar-refractivity contribution in [2.24, 2.45) is 0 Å². The van der Waals surface area contributed by atoms with Gasteiger partial charge in [0.25, 0.3) is 0 Å². The third-order valence-electron chi connectivity index (χ3n) is 4.46. The first-order valence-electron chi connectivity index (χ1n) is 11.3. The van der Waals surface area contributed by atoms with Crippen molar-refractivity contribution in [1.82, 2.24) is 24.5 Å². The Labute approximate surface area is 187 Å². The minimum Gasteiger partial charge on any atom is -0.395 e. The summed E-state index contributed by atoms with van der Waals surface area (Å²) in [5, 5.41) is 18.1. The van der Waals surface area contributed by atoms with Crippen molar-refractivity contribution >= 4 is 0 Å². The Hall–Kier alpha value is -0.320. The van der Waals surface area contributed by atoms with E-state index in [9.17, 15) is 5.11 Å². The van der Waals surface area contributed by atoms with Gasteiger partial charge in [0.1, 0.15) is 0 Å². The number of rotatable bonds is 18. The Bertz CT molecular complexity index is 331. The van der Waals surface area contributed by atoms with E-state index >= 15 is 0 Å². The number of ether oxygens (including phenoxy) is 1. The highest BCUT2D eigenvalue weighted by Gasteiger charge is 2.08. The molecule has 0 aromatic carbocycles. The fourth-order valence-corrected chi connectivity index (χ4v) is 2.74. The fraction of sp³-hybridized carbons (Fsp3) is 1.00. The summed E-state index contributed by atoms with van der Waals surface area (Å²) >= 11 is 0. The molecule has 8 nitrogen and oxygen atoms in total. The zero-order valence-electron chi connectivity index (χ0n) is 21.3. The first-order chi connectivity index (χ1) is 14.1. The summed E-state index contributed by atoms with van der Waals surface area (Å²) in [5.74, 6) is 0. The summed E-state index contributed by atoms with van der Waals surface area (Å²) in [5.41, 5.74) is 0. The number of hydrogen-bond acceptors (Lipinski definition) is 8. The topological polar surface area (TPSA) is 65.9 Å². The van der Waals surface area contributed by atoms with E-state index in [4.69, 9.17) is 9.84 Å². The van der Waals surface area contributed by atoms with Gasteiger partial charge in [-0.15, -0.1) is 0 Å². The van der Waals surface area contributed by atoms with Crippen LogP contribution in [0.4, 0.5) is 0 Å². The normalized spacial score (nSPS) is 12.9. The van der Waals surface area contributed by atoms with E-state index in [-0.39, 0.29) is 12.7 Å². The molecule has 0 aliphatic carbocycles. The van der Waals surface area contributed by atoms with Gasteiger partial charge in [-0.2, -0.15) is 0 Å². The van der Waals surface area contributed by atoms with E-state index in [0.29, 0.717) is 0 Å². The molecule has 0 aromatic rings. The smallest absolute Gasteiger partial charge is 0.0639 e. The van der Waals surface area contributed by atoms with Crippen LogP contribution in [0.1, 0.15) is 19.8 Å². The molecule has 0 aliphatic heterocycles. The summed E-state index contributed by atoms with van der Waals surface area (Å²) in [7, 11) is 14.4. The van der Waals surface area contributed by atoms with E-state index in [1.54, 1.807) is 0 Å². The zero-order valence-corrected chi connectivity index (χ0v) is 21.3. The molecule has 8 heteroatoms. The van der Waals surface area contributed by atoms with Crippen LogP contribution in [-0.4, -0.2) is 162 Å². The third-order valence-corrected chi connectivity index (χ3v) is 4.46. The minimum atomic E-state index is -0.228. The van der Waals surface area contributed by atoms with Crippen molar-refractivity contribution in [1.29, 1.82) is 0 Å². The summed E-state index contributed by atoms with van der Waals surface area (Å²) < 4.78 is 5.40. The zero-order chi connectivity index (χ0) is 23.4. The number of likely N-dealkylation sites (N-methyl/N-ethyl adjacent to an activating group) is 2. The van der Waals surface area contributed by atoms with Gasteiger partial charge in [0.15, 0.2) is 0 Å². The molecular weight excluding hydrogens is 382 g/mol. The minimum absolute atomic E-state index is 0.216. The van der Waals surface area contributed by atoms with Gasteiger partial charge in [0.2, 0.25) is 0 Å². The molecule has 0 amide bonds. The molecule has 0 heterocycles. The van der Waals surface area contributed by atoms with Crippen LogP contribution >= 0.6 is 0 Å². The van der Waals surface area contributed by atoms with Gasteiger partial charge in [-0.3, -0.25) is 0 Å². The van der Waals surface area contributed by atoms with E-state index in [1.165, 1.54) is 12.8 Å². The maximum Gasteiger partial charge on any atom is 0.0639 e. The summed E-state index contributed by atoms with van der Waals surface area (Å²) in [6, 6.07) is 0. The average molecular weight is 436 g/mol. The monoisotopic (exact) mass is 435 g/mol. The second-order valence-electron chi connectivity index (χ2n) is 8.91. The number of aliphatic hydroxyl groups excluding tert-OH is 2. The molecular formula is C22H53N5O3. The molecule has 184 valence electrons. The molecule has 0 fully saturated rings. The first-order valence-corrected chi connectivity index (χ1v) is 11.3. The average Bonchev–Trinajstić information content (AvgIpc) is 2.60. The molecule has 0 rings (SSSR count). The van der Waals surface area contributed by atoms with Gasteiger partial charge in [0.05, 0.1) is 25.9 Å². The van der Waals surface area contributed by atoms with Crippen LogP contribution in [0, 0.1) is 0 Å². The Balaban J connectivity index is 0. The predicted octanol–water partition coefficient (Wildman–Crippen LogP) is 0.0613. The number of aliphatic hydroxyl groups is 2. The van der Waals surface area contributed by atoms with Crippen LogP contribution in [0.15, 0.2) is 0 Å². The van der Waals surface area contributed by atoms with Crippen molar-refractivity contribution in [2.45, 2.75) is 25.9 Å². The highest BCUT2D eigenvalue weighted by molar-refractivity contribution is 4.63. The Morgan fingerprint density at radius 2 is 1.13 bits per heavy atom. The van der Waals surface area contributed by atoms with E-state index < -0.39 is 0 Å². The molecule has 0 saturated carbocycles. The van der Waals surface area contributed by atoms with Crippen LogP contribution in [0.5, 0.6) is 0 Å². The van der Waals surface area contributed by atoms with Crippen LogP contribution < -0.4 is 0 Å². The van der Waals surface area contributed by atoms with Gasteiger partial charge in [0, 0.05) is 26.2 Å². The van der Waals surface area contributed by atoms with Crippen molar-refractivity contribution in [2.75, 3.05) is 122 Å². The second-order valence-corrected chi connectivity index (χ2v) is 8.91. The first kappa shape index (κ1) is 31.9. The summed E-state index contributed by atoms with van der Waals surface area (Å²) in [4.78, 5) is 10.9. The third kappa shape index (κ3) is 27.7. The van der Waals surface area contributed by atoms with Crippen molar-refractivity contribution in [3.63, 3.8) is 0 Å².